The number of hydrogen-bond donors (Lipinski definition) is 1. The largest absolute Gasteiger partial charge is 0.215 e. The predicted octanol–water partition coefficient (Wildman–Crippen LogP) is 6.12. The predicted molar refractivity (Wildman–Crippen MR) is 130 cm³/mol. The summed E-state index contributed by atoms with van der Waals surface area (Å²) in [6, 6.07) is 27.6. The van der Waals surface area contributed by atoms with E-state index in [4.69, 9.17) is 11.6 Å². The Labute approximate surface area is 191 Å². The number of hydrogen-bond acceptors (Lipinski definition) is 2. The Kier molecular flexibility index (Phi) is 7.58. The molecule has 164 valence electrons. The molecule has 0 aliphatic heterocycles. The van der Waals surface area contributed by atoms with Crippen LogP contribution in [0.1, 0.15) is 49.3 Å². The first-order valence-corrected chi connectivity index (χ1v) is 12.5. The van der Waals surface area contributed by atoms with Gasteiger partial charge < -0.3 is 0 Å². The number of nitrogens with one attached hydrogen (secondary N) is 1. The van der Waals surface area contributed by atoms with Crippen LogP contribution in [0.5, 0.6) is 0 Å². The van der Waals surface area contributed by atoms with Crippen molar-refractivity contribution in [3.63, 3.8) is 0 Å². The standard InChI is InChI=1S/C26H30ClNO2S/c1-20(21-14-16-24(27)17-15-21)25(22-10-6-4-7-11-22)18-28-31(29,30)19-26(2,3)23-12-8-5-9-13-23/h4-17,20,25,28H,18-19H2,1-3H3. The van der Waals surface area contributed by atoms with Crippen molar-refractivity contribution in [1.29, 1.82) is 0 Å². The first-order chi connectivity index (χ1) is 14.7. The first-order valence-electron chi connectivity index (χ1n) is 10.5. The molecule has 31 heavy (non-hydrogen) atoms. The van der Waals surface area contributed by atoms with Gasteiger partial charge in [-0.2, -0.15) is 0 Å². The summed E-state index contributed by atoms with van der Waals surface area (Å²) in [5.74, 6) is 0.141. The lowest BCUT2D eigenvalue weighted by molar-refractivity contribution is 0.519. The number of benzene rings is 3. The van der Waals surface area contributed by atoms with Crippen LogP contribution in [0, 0.1) is 0 Å². The molecule has 1 N–H and O–H groups in total. The molecule has 5 heteroatoms. The van der Waals surface area contributed by atoms with Crippen LogP contribution >= 0.6 is 11.6 Å². The summed E-state index contributed by atoms with van der Waals surface area (Å²) >= 11 is 6.05. The summed E-state index contributed by atoms with van der Waals surface area (Å²) in [5.41, 5.74) is 2.75. The van der Waals surface area contributed by atoms with E-state index in [1.165, 1.54) is 0 Å². The molecule has 0 aromatic heterocycles. The third kappa shape index (κ3) is 6.42. The second-order valence-corrected chi connectivity index (χ2v) is 11.0. The van der Waals surface area contributed by atoms with Crippen LogP contribution < -0.4 is 4.72 Å². The normalized spacial score (nSPS) is 14.2. The summed E-state index contributed by atoms with van der Waals surface area (Å²) in [6.45, 7) is 6.39. The highest BCUT2D eigenvalue weighted by Gasteiger charge is 2.29. The Balaban J connectivity index is 1.79. The molecule has 2 atom stereocenters. The Bertz CT molecular complexity index is 1070. The summed E-state index contributed by atoms with van der Waals surface area (Å²) in [6.07, 6.45) is 0. The summed E-state index contributed by atoms with van der Waals surface area (Å²) in [7, 11) is -3.48. The van der Waals surface area contributed by atoms with Crippen LogP contribution in [-0.4, -0.2) is 20.7 Å². The SMILES string of the molecule is CC(c1ccc(Cl)cc1)C(CNS(=O)(=O)CC(C)(C)c1ccccc1)c1ccccc1. The van der Waals surface area contributed by atoms with Crippen LogP contribution in [0.3, 0.4) is 0 Å². The number of halogens is 1. The first kappa shape index (κ1) is 23.5. The van der Waals surface area contributed by atoms with E-state index >= 15 is 0 Å². The van der Waals surface area contributed by atoms with Crippen LogP contribution in [-0.2, 0) is 15.4 Å². The van der Waals surface area contributed by atoms with Crippen molar-refractivity contribution in [2.24, 2.45) is 0 Å². The van der Waals surface area contributed by atoms with Gasteiger partial charge in [0.2, 0.25) is 10.0 Å². The van der Waals surface area contributed by atoms with Gasteiger partial charge in [-0.15, -0.1) is 0 Å². The Morgan fingerprint density at radius 2 is 1.39 bits per heavy atom. The molecule has 0 heterocycles. The molecule has 2 unspecified atom stereocenters. The molecular weight excluding hydrogens is 426 g/mol. The van der Waals surface area contributed by atoms with Gasteiger partial charge in [-0.3, -0.25) is 0 Å². The van der Waals surface area contributed by atoms with Crippen molar-refractivity contribution in [2.75, 3.05) is 12.3 Å². The molecule has 0 saturated heterocycles. The Morgan fingerprint density at radius 1 is 0.839 bits per heavy atom. The second kappa shape index (κ2) is 9.99. The summed E-state index contributed by atoms with van der Waals surface area (Å²) in [4.78, 5) is 0. The van der Waals surface area contributed by atoms with Gasteiger partial charge in [0.1, 0.15) is 0 Å². The van der Waals surface area contributed by atoms with Crippen molar-refractivity contribution >= 4 is 21.6 Å². The van der Waals surface area contributed by atoms with Crippen LogP contribution in [0.25, 0.3) is 0 Å². The topological polar surface area (TPSA) is 46.2 Å². The van der Waals surface area contributed by atoms with Gasteiger partial charge >= 0.3 is 0 Å². The maximum atomic E-state index is 13.0. The Morgan fingerprint density at radius 3 is 1.97 bits per heavy atom. The van der Waals surface area contributed by atoms with Crippen LogP contribution in [0.15, 0.2) is 84.9 Å². The van der Waals surface area contributed by atoms with E-state index in [1.807, 2.05) is 86.6 Å². The molecule has 3 aromatic carbocycles. The van der Waals surface area contributed by atoms with E-state index in [1.54, 1.807) is 0 Å². The smallest absolute Gasteiger partial charge is 0.212 e. The lowest BCUT2D eigenvalue weighted by Crippen LogP contribution is -2.38. The zero-order valence-corrected chi connectivity index (χ0v) is 19.8. The number of sulfonamides is 1. The lowest BCUT2D eigenvalue weighted by atomic mass is 9.83. The van der Waals surface area contributed by atoms with Gasteiger partial charge in [-0.1, -0.05) is 105 Å². The zero-order chi connectivity index (χ0) is 22.5. The third-order valence-electron chi connectivity index (χ3n) is 5.86. The van der Waals surface area contributed by atoms with Gasteiger partial charge in [-0.25, -0.2) is 13.1 Å². The molecule has 0 fully saturated rings. The van der Waals surface area contributed by atoms with Gasteiger partial charge in [0.05, 0.1) is 5.75 Å². The molecular formula is C26H30ClNO2S. The van der Waals surface area contributed by atoms with Gasteiger partial charge in [0, 0.05) is 22.9 Å². The maximum Gasteiger partial charge on any atom is 0.212 e. The number of rotatable bonds is 9. The van der Waals surface area contributed by atoms with Crippen LogP contribution in [0.2, 0.25) is 5.02 Å². The highest BCUT2D eigenvalue weighted by atomic mass is 35.5. The molecule has 0 spiro atoms. The average molecular weight is 456 g/mol. The van der Waals surface area contributed by atoms with Crippen molar-refractivity contribution in [2.45, 2.75) is 38.0 Å². The van der Waals surface area contributed by atoms with E-state index in [2.05, 4.69) is 23.8 Å². The minimum absolute atomic E-state index is 0.00279. The fourth-order valence-electron chi connectivity index (χ4n) is 4.00. The van der Waals surface area contributed by atoms with Crippen LogP contribution in [0.4, 0.5) is 0 Å². The summed E-state index contributed by atoms with van der Waals surface area (Å²) < 4.78 is 29.0. The highest BCUT2D eigenvalue weighted by Crippen LogP contribution is 2.33. The van der Waals surface area contributed by atoms with Crippen molar-refractivity contribution in [3.05, 3.63) is 107 Å². The zero-order valence-electron chi connectivity index (χ0n) is 18.3. The van der Waals surface area contributed by atoms with E-state index < -0.39 is 15.4 Å². The minimum Gasteiger partial charge on any atom is -0.215 e. The van der Waals surface area contributed by atoms with E-state index in [9.17, 15) is 8.42 Å². The summed E-state index contributed by atoms with van der Waals surface area (Å²) in [5, 5.41) is 0.691. The molecule has 3 rings (SSSR count). The highest BCUT2D eigenvalue weighted by molar-refractivity contribution is 7.89. The van der Waals surface area contributed by atoms with Crippen molar-refractivity contribution in [1.82, 2.24) is 4.72 Å². The van der Waals surface area contributed by atoms with E-state index in [0.29, 0.717) is 11.6 Å². The van der Waals surface area contributed by atoms with Gasteiger partial charge in [0.25, 0.3) is 0 Å². The molecule has 0 aliphatic carbocycles. The molecule has 0 aliphatic rings. The molecule has 3 aromatic rings. The molecule has 0 amide bonds. The minimum atomic E-state index is -3.48. The quantitative estimate of drug-likeness (QED) is 0.422. The van der Waals surface area contributed by atoms with E-state index in [-0.39, 0.29) is 17.6 Å². The fraction of sp³-hybridized carbons (Fsp3) is 0.308. The van der Waals surface area contributed by atoms with Crippen molar-refractivity contribution < 1.29 is 8.42 Å². The third-order valence-corrected chi connectivity index (χ3v) is 7.82. The average Bonchev–Trinajstić information content (AvgIpc) is 2.75. The van der Waals surface area contributed by atoms with E-state index in [0.717, 1.165) is 16.7 Å². The lowest BCUT2D eigenvalue weighted by Gasteiger charge is -2.28. The molecule has 0 saturated carbocycles. The Hall–Kier alpha value is -2.14. The maximum absolute atomic E-state index is 13.0. The van der Waals surface area contributed by atoms with Crippen molar-refractivity contribution in [3.8, 4) is 0 Å². The monoisotopic (exact) mass is 455 g/mol. The molecule has 0 bridgehead atoms. The molecule has 3 nitrogen and oxygen atoms in total. The van der Waals surface area contributed by atoms with Gasteiger partial charge in [0.15, 0.2) is 0 Å². The molecule has 0 radical (unpaired) electrons. The fourth-order valence-corrected chi connectivity index (χ4v) is 5.78. The van der Waals surface area contributed by atoms with Gasteiger partial charge in [-0.05, 0) is 34.7 Å². The second-order valence-electron chi connectivity index (χ2n) is 8.71.